The number of aromatic hydroxyl groups is 1. The molecular weight excluding hydrogens is 240 g/mol. The third kappa shape index (κ3) is 2.71. The van der Waals surface area contributed by atoms with Crippen LogP contribution in [0, 0.1) is 0 Å². The summed E-state index contributed by atoms with van der Waals surface area (Å²) >= 11 is 0. The molecule has 6 nitrogen and oxygen atoms in total. The van der Waals surface area contributed by atoms with Gasteiger partial charge in [0.2, 0.25) is 5.75 Å². The SMILES string of the molecule is COC(=O)CC(=O)c1ccc(OC)c(OC)c1O. The van der Waals surface area contributed by atoms with Crippen molar-refractivity contribution >= 4 is 11.8 Å². The smallest absolute Gasteiger partial charge is 0.313 e. The summed E-state index contributed by atoms with van der Waals surface area (Å²) in [5.41, 5.74) is -0.0157. The summed E-state index contributed by atoms with van der Waals surface area (Å²) < 4.78 is 14.3. The van der Waals surface area contributed by atoms with Crippen LogP contribution >= 0.6 is 0 Å². The largest absolute Gasteiger partial charge is 0.504 e. The first-order chi connectivity index (χ1) is 8.54. The monoisotopic (exact) mass is 254 g/mol. The van der Waals surface area contributed by atoms with E-state index in [2.05, 4.69) is 4.74 Å². The Labute approximate surface area is 104 Å². The third-order valence-corrected chi connectivity index (χ3v) is 2.35. The Morgan fingerprint density at radius 3 is 2.33 bits per heavy atom. The molecule has 1 N–H and O–H groups in total. The third-order valence-electron chi connectivity index (χ3n) is 2.35. The normalized spacial score (nSPS) is 9.72. The molecule has 0 fully saturated rings. The Morgan fingerprint density at radius 1 is 1.17 bits per heavy atom. The van der Waals surface area contributed by atoms with Crippen molar-refractivity contribution in [3.8, 4) is 17.2 Å². The van der Waals surface area contributed by atoms with E-state index < -0.39 is 18.2 Å². The fourth-order valence-electron chi connectivity index (χ4n) is 1.43. The molecule has 6 heteroatoms. The number of Topliss-reactive ketones (excluding diaryl/α,β-unsaturated/α-hetero) is 1. The summed E-state index contributed by atoms with van der Waals surface area (Å²) in [5, 5.41) is 9.88. The maximum atomic E-state index is 11.7. The van der Waals surface area contributed by atoms with Gasteiger partial charge < -0.3 is 19.3 Å². The van der Waals surface area contributed by atoms with E-state index in [1.54, 1.807) is 0 Å². The molecule has 0 saturated heterocycles. The van der Waals surface area contributed by atoms with E-state index in [1.807, 2.05) is 0 Å². The Morgan fingerprint density at radius 2 is 1.83 bits per heavy atom. The van der Waals surface area contributed by atoms with E-state index in [-0.39, 0.29) is 17.1 Å². The second-order valence-corrected chi connectivity index (χ2v) is 3.37. The van der Waals surface area contributed by atoms with Crippen molar-refractivity contribution in [3.05, 3.63) is 17.7 Å². The molecule has 0 aliphatic carbocycles. The number of ether oxygens (including phenoxy) is 3. The number of hydrogen-bond donors (Lipinski definition) is 1. The van der Waals surface area contributed by atoms with Crippen molar-refractivity contribution in [1.82, 2.24) is 0 Å². The minimum atomic E-state index is -0.672. The average molecular weight is 254 g/mol. The van der Waals surface area contributed by atoms with Gasteiger partial charge in [-0.3, -0.25) is 9.59 Å². The van der Waals surface area contributed by atoms with Crippen LogP contribution in [0.2, 0.25) is 0 Å². The summed E-state index contributed by atoms with van der Waals surface area (Å²) in [6, 6.07) is 2.84. The van der Waals surface area contributed by atoms with Gasteiger partial charge >= 0.3 is 5.97 Å². The molecule has 0 atom stereocenters. The van der Waals surface area contributed by atoms with Crippen LogP contribution in [0.15, 0.2) is 12.1 Å². The van der Waals surface area contributed by atoms with Crippen molar-refractivity contribution < 1.29 is 28.9 Å². The van der Waals surface area contributed by atoms with E-state index >= 15 is 0 Å². The van der Waals surface area contributed by atoms with Gasteiger partial charge in [0.05, 0.1) is 26.9 Å². The highest BCUT2D eigenvalue weighted by molar-refractivity contribution is 6.08. The Bertz CT molecular complexity index is 466. The van der Waals surface area contributed by atoms with Gasteiger partial charge in [0, 0.05) is 0 Å². The Kier molecular flexibility index (Phi) is 4.53. The van der Waals surface area contributed by atoms with Crippen LogP contribution in [-0.2, 0) is 9.53 Å². The van der Waals surface area contributed by atoms with Gasteiger partial charge in [-0.1, -0.05) is 0 Å². The van der Waals surface area contributed by atoms with E-state index in [1.165, 1.54) is 33.5 Å². The van der Waals surface area contributed by atoms with Gasteiger partial charge in [0.25, 0.3) is 0 Å². The van der Waals surface area contributed by atoms with Crippen LogP contribution in [0.3, 0.4) is 0 Å². The van der Waals surface area contributed by atoms with E-state index in [0.29, 0.717) is 5.75 Å². The van der Waals surface area contributed by atoms with Crippen molar-refractivity contribution in [2.24, 2.45) is 0 Å². The number of benzene rings is 1. The van der Waals surface area contributed by atoms with Crippen molar-refractivity contribution in [3.63, 3.8) is 0 Å². The lowest BCUT2D eigenvalue weighted by Crippen LogP contribution is -2.10. The number of esters is 1. The number of rotatable bonds is 5. The van der Waals surface area contributed by atoms with Crippen LogP contribution in [-0.4, -0.2) is 38.2 Å². The fraction of sp³-hybridized carbons (Fsp3) is 0.333. The zero-order valence-electron chi connectivity index (χ0n) is 10.4. The van der Waals surface area contributed by atoms with Crippen LogP contribution in [0.1, 0.15) is 16.8 Å². The molecule has 0 unspecified atom stereocenters. The zero-order valence-corrected chi connectivity index (χ0v) is 10.4. The number of hydrogen-bond acceptors (Lipinski definition) is 6. The molecule has 0 bridgehead atoms. The highest BCUT2D eigenvalue weighted by Gasteiger charge is 2.21. The molecular formula is C12H14O6. The number of phenols is 1. The van der Waals surface area contributed by atoms with Crippen molar-refractivity contribution in [2.45, 2.75) is 6.42 Å². The second kappa shape index (κ2) is 5.90. The molecule has 18 heavy (non-hydrogen) atoms. The molecule has 0 aliphatic rings. The molecule has 1 aromatic carbocycles. The summed E-state index contributed by atoms with van der Waals surface area (Å²) in [5.74, 6) is -1.24. The molecule has 1 rings (SSSR count). The molecule has 0 aliphatic heterocycles. The Hall–Kier alpha value is -2.24. The molecule has 0 radical (unpaired) electrons. The molecule has 1 aromatic rings. The van der Waals surface area contributed by atoms with E-state index in [4.69, 9.17) is 9.47 Å². The van der Waals surface area contributed by atoms with Crippen LogP contribution < -0.4 is 9.47 Å². The lowest BCUT2D eigenvalue weighted by atomic mass is 10.1. The molecule has 0 amide bonds. The van der Waals surface area contributed by atoms with Gasteiger partial charge in [-0.2, -0.15) is 0 Å². The highest BCUT2D eigenvalue weighted by atomic mass is 16.5. The maximum absolute atomic E-state index is 11.7. The van der Waals surface area contributed by atoms with Gasteiger partial charge in [-0.05, 0) is 12.1 Å². The lowest BCUT2D eigenvalue weighted by molar-refractivity contribution is -0.139. The van der Waals surface area contributed by atoms with Crippen LogP contribution in [0.25, 0.3) is 0 Å². The predicted molar refractivity (Wildman–Crippen MR) is 62.2 cm³/mol. The number of ketones is 1. The summed E-state index contributed by atoms with van der Waals surface area (Å²) in [6.07, 6.45) is -0.445. The Balaban J connectivity index is 3.11. The number of phenolic OH excluding ortho intramolecular Hbond substituents is 1. The minimum Gasteiger partial charge on any atom is -0.504 e. The van der Waals surface area contributed by atoms with Gasteiger partial charge in [-0.15, -0.1) is 0 Å². The maximum Gasteiger partial charge on any atom is 0.313 e. The topological polar surface area (TPSA) is 82.1 Å². The van der Waals surface area contributed by atoms with E-state index in [9.17, 15) is 14.7 Å². The first-order valence-electron chi connectivity index (χ1n) is 5.09. The summed E-state index contributed by atoms with van der Waals surface area (Å²) in [4.78, 5) is 22.7. The van der Waals surface area contributed by atoms with Gasteiger partial charge in [-0.25, -0.2) is 0 Å². The highest BCUT2D eigenvalue weighted by Crippen LogP contribution is 2.39. The number of carbonyl (C=O) groups is 2. The summed E-state index contributed by atoms with van der Waals surface area (Å²) in [6.45, 7) is 0. The van der Waals surface area contributed by atoms with E-state index in [0.717, 1.165) is 0 Å². The molecule has 0 aromatic heterocycles. The van der Waals surface area contributed by atoms with Crippen molar-refractivity contribution in [1.29, 1.82) is 0 Å². The minimum absolute atomic E-state index is 0.0157. The average Bonchev–Trinajstić information content (AvgIpc) is 2.37. The van der Waals surface area contributed by atoms with Crippen LogP contribution in [0.4, 0.5) is 0 Å². The summed E-state index contributed by atoms with van der Waals surface area (Å²) in [7, 11) is 3.93. The fourth-order valence-corrected chi connectivity index (χ4v) is 1.43. The van der Waals surface area contributed by atoms with Crippen LogP contribution in [0.5, 0.6) is 17.2 Å². The molecule has 98 valence electrons. The first-order valence-corrected chi connectivity index (χ1v) is 5.09. The van der Waals surface area contributed by atoms with Gasteiger partial charge in [0.15, 0.2) is 17.3 Å². The lowest BCUT2D eigenvalue weighted by Gasteiger charge is -2.11. The van der Waals surface area contributed by atoms with Gasteiger partial charge in [0.1, 0.15) is 6.42 Å². The number of methoxy groups -OCH3 is 3. The predicted octanol–water partition coefficient (Wildman–Crippen LogP) is 1.16. The second-order valence-electron chi connectivity index (χ2n) is 3.37. The quantitative estimate of drug-likeness (QED) is 0.482. The molecule has 0 spiro atoms. The van der Waals surface area contributed by atoms with Crippen molar-refractivity contribution in [2.75, 3.05) is 21.3 Å². The zero-order chi connectivity index (χ0) is 13.7. The molecule has 0 saturated carbocycles. The number of carbonyl (C=O) groups excluding carboxylic acids is 2. The first kappa shape index (κ1) is 13.8. The molecule has 0 heterocycles. The standard InChI is InChI=1S/C12H14O6/c1-16-9-5-4-7(11(15)12(9)18-3)8(13)6-10(14)17-2/h4-5,15H,6H2,1-3H3.